The summed E-state index contributed by atoms with van der Waals surface area (Å²) in [5, 5.41) is 40.9. The van der Waals surface area contributed by atoms with Crippen molar-refractivity contribution in [2.75, 3.05) is 0 Å². The molecule has 3 N–H and O–H groups in total. The SMILES string of the molecule is O=[N+]([O-])O.O=[N+]([O-])O.O=[N+]([O-])O.[Y+3]. The molecule has 13 heteroatoms. The Kier molecular flexibility index (Phi) is 29.5. The van der Waals surface area contributed by atoms with Gasteiger partial charge in [-0.3, -0.25) is 0 Å². The van der Waals surface area contributed by atoms with Crippen LogP contribution in [0.5, 0.6) is 0 Å². The van der Waals surface area contributed by atoms with Crippen molar-refractivity contribution < 1.29 is 63.6 Å². The average Bonchev–Trinajstić information content (AvgIpc) is 1.54. The first-order valence-corrected chi connectivity index (χ1v) is 1.70. The second kappa shape index (κ2) is 17.0. The van der Waals surface area contributed by atoms with Gasteiger partial charge in [0, 0.05) is 0 Å². The third-order valence-corrected chi connectivity index (χ3v) is 0. The van der Waals surface area contributed by atoms with Crippen LogP contribution in [0.4, 0.5) is 0 Å². The molecule has 0 heterocycles. The van der Waals surface area contributed by atoms with Crippen molar-refractivity contribution in [3.05, 3.63) is 30.3 Å². The molecule has 0 fully saturated rings. The molecule has 0 unspecified atom stereocenters. The molecule has 0 saturated carbocycles. The van der Waals surface area contributed by atoms with E-state index in [2.05, 4.69) is 0 Å². The minimum absolute atomic E-state index is 0. The summed E-state index contributed by atoms with van der Waals surface area (Å²) in [7, 11) is 0. The van der Waals surface area contributed by atoms with Crippen LogP contribution < -0.4 is 0 Å². The molecular formula is H3N3O9Y+3. The maximum Gasteiger partial charge on any atom is 3.00 e. The van der Waals surface area contributed by atoms with Gasteiger partial charge in [0.25, 0.3) is 15.3 Å². The molecule has 0 aliphatic carbocycles. The van der Waals surface area contributed by atoms with Gasteiger partial charge in [0.2, 0.25) is 0 Å². The minimum atomic E-state index is -1.50. The first-order chi connectivity index (χ1) is 5.20. The zero-order chi connectivity index (χ0) is 10.7. The van der Waals surface area contributed by atoms with E-state index in [-0.39, 0.29) is 32.7 Å². The topological polar surface area (TPSA) is 190 Å². The van der Waals surface area contributed by atoms with Crippen LogP contribution in [0, 0.1) is 30.3 Å². The van der Waals surface area contributed by atoms with E-state index in [9.17, 15) is 0 Å². The summed E-state index contributed by atoms with van der Waals surface area (Å²) in [6.45, 7) is 0. The van der Waals surface area contributed by atoms with Gasteiger partial charge in [0.15, 0.2) is 0 Å². The van der Waals surface area contributed by atoms with Gasteiger partial charge < -0.3 is 15.6 Å². The third kappa shape index (κ3) is 483. The van der Waals surface area contributed by atoms with E-state index in [4.69, 9.17) is 46.0 Å². The second-order valence-corrected chi connectivity index (χ2v) is 0.714. The third-order valence-electron chi connectivity index (χ3n) is 0. The molecule has 0 aromatic carbocycles. The molecule has 0 aromatic heterocycles. The maximum absolute atomic E-state index is 8.36. The van der Waals surface area contributed by atoms with Gasteiger partial charge in [0.1, 0.15) is 0 Å². The monoisotopic (exact) mass is 278 g/mol. The summed E-state index contributed by atoms with van der Waals surface area (Å²) >= 11 is 0. The molecule has 0 bridgehead atoms. The Labute approximate surface area is 94.0 Å². The van der Waals surface area contributed by atoms with Crippen LogP contribution >= 0.6 is 0 Å². The number of hydrogen-bond acceptors (Lipinski definition) is 6. The van der Waals surface area contributed by atoms with Crippen LogP contribution in [-0.2, 0) is 32.7 Å². The predicted molar refractivity (Wildman–Crippen MR) is 26.3 cm³/mol. The molecule has 0 saturated heterocycles. The molecule has 0 aliphatic heterocycles. The smallest absolute Gasteiger partial charge is 0.328 e. The number of nitrogens with zero attached hydrogens (tertiary/aromatic N) is 3. The van der Waals surface area contributed by atoms with Gasteiger partial charge >= 0.3 is 32.7 Å². The van der Waals surface area contributed by atoms with Crippen molar-refractivity contribution in [3.63, 3.8) is 0 Å². The van der Waals surface area contributed by atoms with Gasteiger partial charge in [-0.15, -0.1) is 30.3 Å². The number of hydrogen-bond donors (Lipinski definition) is 3. The van der Waals surface area contributed by atoms with E-state index in [1.165, 1.54) is 0 Å². The van der Waals surface area contributed by atoms with Crippen LogP contribution in [0.3, 0.4) is 0 Å². The Morgan fingerprint density at radius 1 is 0.692 bits per heavy atom. The quantitative estimate of drug-likeness (QED) is 0.366. The Bertz CT molecular complexity index is 112. The Balaban J connectivity index is -0.0000000450. The number of rotatable bonds is 0. The van der Waals surface area contributed by atoms with Crippen LogP contribution in [0.2, 0.25) is 0 Å². The van der Waals surface area contributed by atoms with Gasteiger partial charge in [-0.25, -0.2) is 0 Å². The van der Waals surface area contributed by atoms with Crippen molar-refractivity contribution in [2.45, 2.75) is 0 Å². The van der Waals surface area contributed by atoms with Crippen LogP contribution in [0.1, 0.15) is 0 Å². The van der Waals surface area contributed by atoms with Crippen molar-refractivity contribution in [1.82, 2.24) is 0 Å². The normalized spacial score (nSPS) is 5.54. The second-order valence-electron chi connectivity index (χ2n) is 0.714. The predicted octanol–water partition coefficient (Wildman–Crippen LogP) is -1.05. The average molecular weight is 278 g/mol. The van der Waals surface area contributed by atoms with Crippen LogP contribution in [-0.4, -0.2) is 30.9 Å². The van der Waals surface area contributed by atoms with Crippen molar-refractivity contribution in [3.8, 4) is 0 Å². The summed E-state index contributed by atoms with van der Waals surface area (Å²) < 4.78 is 0. The maximum atomic E-state index is 8.36. The molecule has 0 radical (unpaired) electrons. The van der Waals surface area contributed by atoms with E-state index in [1.807, 2.05) is 0 Å². The largest absolute Gasteiger partial charge is 3.00 e. The standard InChI is InChI=1S/3HNO3.Y/c3*2-1(3)4;/h3*(H,2,3,4);/q;;;+3. The minimum Gasteiger partial charge on any atom is -0.328 e. The summed E-state index contributed by atoms with van der Waals surface area (Å²) in [5.74, 6) is 0. The molecule has 0 atom stereocenters. The molecule has 0 aromatic rings. The Morgan fingerprint density at radius 2 is 0.692 bits per heavy atom. The van der Waals surface area contributed by atoms with E-state index in [1.54, 1.807) is 0 Å². The molecule has 72 valence electrons. The zero-order valence-electron chi connectivity index (χ0n) is 5.71. The van der Waals surface area contributed by atoms with Crippen molar-refractivity contribution >= 4 is 0 Å². The molecular weight excluding hydrogens is 275 g/mol. The van der Waals surface area contributed by atoms with Crippen LogP contribution in [0.25, 0.3) is 0 Å². The van der Waals surface area contributed by atoms with Crippen molar-refractivity contribution in [1.29, 1.82) is 0 Å². The summed E-state index contributed by atoms with van der Waals surface area (Å²) in [6.07, 6.45) is 0. The Hall–Kier alpha value is -1.30. The Morgan fingerprint density at radius 3 is 0.692 bits per heavy atom. The molecule has 0 rings (SSSR count). The molecule has 0 aliphatic rings. The van der Waals surface area contributed by atoms with Gasteiger partial charge in [-0.1, -0.05) is 0 Å². The first kappa shape index (κ1) is 22.6. The molecule has 0 amide bonds. The zero-order valence-corrected chi connectivity index (χ0v) is 8.55. The van der Waals surface area contributed by atoms with Gasteiger partial charge in [0.05, 0.1) is 0 Å². The molecule has 13 heavy (non-hydrogen) atoms. The van der Waals surface area contributed by atoms with E-state index in [0.717, 1.165) is 0 Å². The molecule has 0 spiro atoms. The first-order valence-electron chi connectivity index (χ1n) is 1.70. The van der Waals surface area contributed by atoms with Crippen molar-refractivity contribution in [2.24, 2.45) is 0 Å². The summed E-state index contributed by atoms with van der Waals surface area (Å²) in [5.41, 5.74) is 0. The fraction of sp³-hybridized carbons (Fsp3) is 0. The molecule has 12 nitrogen and oxygen atoms in total. The van der Waals surface area contributed by atoms with Gasteiger partial charge in [-0.2, -0.15) is 0 Å². The van der Waals surface area contributed by atoms with E-state index >= 15 is 0 Å². The van der Waals surface area contributed by atoms with Crippen LogP contribution in [0.15, 0.2) is 0 Å². The fourth-order valence-corrected chi connectivity index (χ4v) is 0. The van der Waals surface area contributed by atoms with Gasteiger partial charge in [-0.05, 0) is 0 Å². The van der Waals surface area contributed by atoms with E-state index < -0.39 is 15.3 Å². The summed E-state index contributed by atoms with van der Waals surface area (Å²) in [4.78, 5) is 25.1. The summed E-state index contributed by atoms with van der Waals surface area (Å²) in [6, 6.07) is 0. The fourth-order valence-electron chi connectivity index (χ4n) is 0. The van der Waals surface area contributed by atoms with E-state index in [0.29, 0.717) is 0 Å².